The maximum absolute atomic E-state index is 12.3. The average Bonchev–Trinajstić information content (AvgIpc) is 2.57. The molecular formula is C18H27F2N3O2. The quantitative estimate of drug-likeness (QED) is 0.542. The summed E-state index contributed by atoms with van der Waals surface area (Å²) in [5.41, 5.74) is 2.54. The molecule has 0 saturated heterocycles. The van der Waals surface area contributed by atoms with Crippen molar-refractivity contribution in [2.24, 2.45) is 4.99 Å². The number of aryl methyl sites for hydroxylation is 2. The summed E-state index contributed by atoms with van der Waals surface area (Å²) < 4.78 is 35.1. The van der Waals surface area contributed by atoms with Crippen molar-refractivity contribution in [3.63, 3.8) is 0 Å². The van der Waals surface area contributed by atoms with Gasteiger partial charge in [0, 0.05) is 19.2 Å². The van der Waals surface area contributed by atoms with Crippen molar-refractivity contribution < 1.29 is 18.3 Å². The fraction of sp³-hybridized carbons (Fsp3) is 0.667. The molecule has 0 aromatic carbocycles. The molecule has 25 heavy (non-hydrogen) atoms. The van der Waals surface area contributed by atoms with E-state index in [0.717, 1.165) is 23.5 Å². The highest BCUT2D eigenvalue weighted by Gasteiger charge is 2.25. The molecule has 0 unspecified atom stereocenters. The number of rotatable bonds is 7. The Balaban J connectivity index is 1.97. The molecule has 5 nitrogen and oxygen atoms in total. The van der Waals surface area contributed by atoms with Gasteiger partial charge in [-0.05, 0) is 52.5 Å². The Morgan fingerprint density at radius 3 is 2.52 bits per heavy atom. The summed E-state index contributed by atoms with van der Waals surface area (Å²) in [6, 6.07) is 1.96. The Bertz CT molecular complexity index is 588. The highest BCUT2D eigenvalue weighted by molar-refractivity contribution is 5.62. The lowest BCUT2D eigenvalue weighted by molar-refractivity contribution is -0.173. The van der Waals surface area contributed by atoms with Gasteiger partial charge in [-0.2, -0.15) is 8.78 Å². The predicted molar refractivity (Wildman–Crippen MR) is 93.9 cm³/mol. The minimum Gasteiger partial charge on any atom is -0.474 e. The summed E-state index contributed by atoms with van der Waals surface area (Å²) in [7, 11) is 1.96. The second-order valence-electron chi connectivity index (χ2n) is 6.45. The van der Waals surface area contributed by atoms with Crippen LogP contribution >= 0.6 is 0 Å². The van der Waals surface area contributed by atoms with E-state index in [-0.39, 0.29) is 12.2 Å². The average molecular weight is 355 g/mol. The molecule has 7 heteroatoms. The second-order valence-corrected chi connectivity index (χ2v) is 6.45. The van der Waals surface area contributed by atoms with Crippen LogP contribution in [0, 0.1) is 13.8 Å². The Hall–Kier alpha value is -1.76. The third-order valence-electron chi connectivity index (χ3n) is 4.42. The topological polar surface area (TPSA) is 47.0 Å². The van der Waals surface area contributed by atoms with E-state index in [4.69, 9.17) is 4.74 Å². The molecule has 0 amide bonds. The Morgan fingerprint density at radius 1 is 1.28 bits per heavy atom. The first-order valence-corrected chi connectivity index (χ1v) is 8.72. The van der Waals surface area contributed by atoms with E-state index < -0.39 is 6.61 Å². The molecule has 1 fully saturated rings. The molecule has 1 aliphatic rings. The van der Waals surface area contributed by atoms with Gasteiger partial charge in [-0.25, -0.2) is 9.98 Å². The maximum Gasteiger partial charge on any atom is 0.345 e. The molecule has 1 aromatic rings. The number of hydrogen-bond acceptors (Lipinski definition) is 4. The SMILES string of the molecule is CCN(C)C=Nc1cc(C)c(O[C@H]2CC[C@@H](OC(F)F)CC2)nc1C. The van der Waals surface area contributed by atoms with Crippen LogP contribution in [-0.4, -0.2) is 48.6 Å². The standard InChI is InChI=1S/C18H27F2N3O2/c1-5-23(4)11-21-16-10-12(2)17(22-13(16)3)24-14-6-8-15(9-7-14)25-18(19)20/h10-11,14-15,18H,5-9H2,1-4H3/t14-,15+. The van der Waals surface area contributed by atoms with Crippen LogP contribution in [0.5, 0.6) is 5.88 Å². The summed E-state index contributed by atoms with van der Waals surface area (Å²) in [6.45, 7) is 4.08. The fourth-order valence-electron chi connectivity index (χ4n) is 2.75. The summed E-state index contributed by atoms with van der Waals surface area (Å²) in [6.07, 6.45) is 3.95. The predicted octanol–water partition coefficient (Wildman–Crippen LogP) is 4.24. The third kappa shape index (κ3) is 5.92. The van der Waals surface area contributed by atoms with Gasteiger partial charge in [0.2, 0.25) is 5.88 Å². The molecule has 0 spiro atoms. The van der Waals surface area contributed by atoms with Gasteiger partial charge in [0.25, 0.3) is 0 Å². The highest BCUT2D eigenvalue weighted by atomic mass is 19.3. The Kier molecular flexibility index (Phi) is 7.11. The van der Waals surface area contributed by atoms with E-state index in [1.807, 2.05) is 31.9 Å². The molecular weight excluding hydrogens is 328 g/mol. The van der Waals surface area contributed by atoms with E-state index in [1.165, 1.54) is 0 Å². The molecule has 1 aromatic heterocycles. The number of aromatic nitrogens is 1. The zero-order chi connectivity index (χ0) is 18.4. The molecule has 0 aliphatic heterocycles. The first kappa shape index (κ1) is 19.6. The van der Waals surface area contributed by atoms with E-state index in [0.29, 0.717) is 31.6 Å². The normalized spacial score (nSPS) is 21.1. The third-order valence-corrected chi connectivity index (χ3v) is 4.42. The van der Waals surface area contributed by atoms with Gasteiger partial charge in [-0.15, -0.1) is 0 Å². The number of hydrogen-bond donors (Lipinski definition) is 0. The molecule has 1 saturated carbocycles. The van der Waals surface area contributed by atoms with Crippen molar-refractivity contribution in [3.05, 3.63) is 17.3 Å². The van der Waals surface area contributed by atoms with Crippen LogP contribution in [0.25, 0.3) is 0 Å². The molecule has 1 heterocycles. The largest absolute Gasteiger partial charge is 0.474 e. The summed E-state index contributed by atoms with van der Waals surface area (Å²) in [5, 5.41) is 0. The van der Waals surface area contributed by atoms with E-state index in [2.05, 4.69) is 21.6 Å². The van der Waals surface area contributed by atoms with Gasteiger partial charge in [0.05, 0.1) is 23.8 Å². The lowest BCUT2D eigenvalue weighted by Crippen LogP contribution is -2.29. The number of pyridine rings is 1. The van der Waals surface area contributed by atoms with Crippen LogP contribution < -0.4 is 4.74 Å². The van der Waals surface area contributed by atoms with Gasteiger partial charge < -0.3 is 14.4 Å². The van der Waals surface area contributed by atoms with Gasteiger partial charge in [0.1, 0.15) is 6.10 Å². The lowest BCUT2D eigenvalue weighted by Gasteiger charge is -2.28. The zero-order valence-electron chi connectivity index (χ0n) is 15.3. The molecule has 0 atom stereocenters. The minimum absolute atomic E-state index is 0.0105. The smallest absolute Gasteiger partial charge is 0.345 e. The fourth-order valence-corrected chi connectivity index (χ4v) is 2.75. The van der Waals surface area contributed by atoms with Gasteiger partial charge in [-0.1, -0.05) is 0 Å². The molecule has 0 radical (unpaired) electrons. The summed E-state index contributed by atoms with van der Waals surface area (Å²) in [5.74, 6) is 0.596. The zero-order valence-corrected chi connectivity index (χ0v) is 15.3. The van der Waals surface area contributed by atoms with Crippen LogP contribution in [-0.2, 0) is 4.74 Å². The van der Waals surface area contributed by atoms with Crippen LogP contribution in [0.2, 0.25) is 0 Å². The van der Waals surface area contributed by atoms with Crippen molar-refractivity contribution >= 4 is 12.0 Å². The summed E-state index contributed by atoms with van der Waals surface area (Å²) in [4.78, 5) is 11.0. The highest BCUT2D eigenvalue weighted by Crippen LogP contribution is 2.29. The number of alkyl halides is 2. The number of halogens is 2. The van der Waals surface area contributed by atoms with E-state index >= 15 is 0 Å². The first-order chi connectivity index (χ1) is 11.9. The lowest BCUT2D eigenvalue weighted by atomic mass is 9.95. The minimum atomic E-state index is -2.70. The van der Waals surface area contributed by atoms with Crippen molar-refractivity contribution in [1.82, 2.24) is 9.88 Å². The van der Waals surface area contributed by atoms with Gasteiger partial charge in [-0.3, -0.25) is 0 Å². The molecule has 0 N–H and O–H groups in total. The van der Waals surface area contributed by atoms with Crippen molar-refractivity contribution in [3.8, 4) is 5.88 Å². The first-order valence-electron chi connectivity index (χ1n) is 8.72. The number of ether oxygens (including phenoxy) is 2. The van der Waals surface area contributed by atoms with Crippen LogP contribution in [0.3, 0.4) is 0 Å². The van der Waals surface area contributed by atoms with Crippen LogP contribution in [0.4, 0.5) is 14.5 Å². The Labute approximate surface area is 148 Å². The molecule has 140 valence electrons. The molecule has 2 rings (SSSR count). The summed E-state index contributed by atoms with van der Waals surface area (Å²) >= 11 is 0. The van der Waals surface area contributed by atoms with Crippen LogP contribution in [0.1, 0.15) is 43.9 Å². The molecule has 0 bridgehead atoms. The van der Waals surface area contributed by atoms with E-state index in [9.17, 15) is 8.78 Å². The Morgan fingerprint density at radius 2 is 1.92 bits per heavy atom. The van der Waals surface area contributed by atoms with Crippen molar-refractivity contribution in [2.45, 2.75) is 65.3 Å². The van der Waals surface area contributed by atoms with Crippen LogP contribution in [0.15, 0.2) is 11.1 Å². The van der Waals surface area contributed by atoms with Gasteiger partial charge in [0.15, 0.2) is 0 Å². The monoisotopic (exact) mass is 355 g/mol. The van der Waals surface area contributed by atoms with Gasteiger partial charge >= 0.3 is 6.61 Å². The number of nitrogens with zero attached hydrogens (tertiary/aromatic N) is 3. The second kappa shape index (κ2) is 9.08. The molecule has 1 aliphatic carbocycles. The van der Waals surface area contributed by atoms with Crippen molar-refractivity contribution in [1.29, 1.82) is 0 Å². The van der Waals surface area contributed by atoms with Crippen molar-refractivity contribution in [2.75, 3.05) is 13.6 Å². The maximum atomic E-state index is 12.3. The van der Waals surface area contributed by atoms with E-state index in [1.54, 1.807) is 6.34 Å². The number of aliphatic imine (C=N–C) groups is 1.